The Balaban J connectivity index is 1.86. The predicted molar refractivity (Wildman–Crippen MR) is 99.8 cm³/mol. The molecular weight excluding hydrogens is 367 g/mol. The molecule has 3 aromatic carbocycles. The van der Waals surface area contributed by atoms with Crippen LogP contribution >= 0.6 is 0 Å². The lowest BCUT2D eigenvalue weighted by molar-refractivity contribution is -0.246. The lowest BCUT2D eigenvalue weighted by atomic mass is 9.89. The van der Waals surface area contributed by atoms with Crippen LogP contribution in [-0.4, -0.2) is 24.2 Å². The maximum Gasteiger partial charge on any atom is 0.425 e. The molecule has 142 valence electrons. The summed E-state index contributed by atoms with van der Waals surface area (Å²) in [5, 5.41) is 13.3. The number of hydrogen-bond donors (Lipinski definition) is 2. The first-order valence-electron chi connectivity index (χ1n) is 8.63. The van der Waals surface area contributed by atoms with E-state index in [2.05, 4.69) is 5.32 Å². The number of benzene rings is 3. The van der Waals surface area contributed by atoms with Gasteiger partial charge in [0, 0.05) is 23.7 Å². The highest BCUT2D eigenvalue weighted by atomic mass is 19.4. The van der Waals surface area contributed by atoms with Gasteiger partial charge in [-0.15, -0.1) is 0 Å². The highest BCUT2D eigenvalue weighted by Gasteiger charge is 2.60. The summed E-state index contributed by atoms with van der Waals surface area (Å²) < 4.78 is 41.8. The van der Waals surface area contributed by atoms with Crippen molar-refractivity contribution in [3.8, 4) is 22.3 Å². The summed E-state index contributed by atoms with van der Waals surface area (Å²) in [4.78, 5) is 11.7. The Kier molecular flexibility index (Phi) is 4.05. The lowest BCUT2D eigenvalue weighted by Crippen LogP contribution is -2.41. The monoisotopic (exact) mass is 383 g/mol. The van der Waals surface area contributed by atoms with Gasteiger partial charge >= 0.3 is 6.18 Å². The minimum Gasteiger partial charge on any atom is -0.372 e. The molecule has 0 unspecified atom stereocenters. The summed E-state index contributed by atoms with van der Waals surface area (Å²) in [5.74, 6) is -0.248. The van der Waals surface area contributed by atoms with Gasteiger partial charge in [0.2, 0.25) is 5.60 Å². The Morgan fingerprint density at radius 1 is 0.893 bits per heavy atom. The molecule has 0 radical (unpaired) electrons. The highest BCUT2D eigenvalue weighted by Crippen LogP contribution is 2.55. The van der Waals surface area contributed by atoms with Crippen LogP contribution in [0.1, 0.15) is 21.5 Å². The molecular formula is C22H16F3NO2. The van der Waals surface area contributed by atoms with Crippen molar-refractivity contribution >= 4 is 5.91 Å². The van der Waals surface area contributed by atoms with Crippen molar-refractivity contribution in [2.24, 2.45) is 0 Å². The molecule has 0 saturated carbocycles. The molecule has 1 aliphatic carbocycles. The zero-order chi connectivity index (χ0) is 20.1. The fraction of sp³-hybridized carbons (Fsp3) is 0.136. The molecule has 2 N–H and O–H groups in total. The van der Waals surface area contributed by atoms with E-state index in [4.69, 9.17) is 0 Å². The summed E-state index contributed by atoms with van der Waals surface area (Å²) in [7, 11) is 1.52. The molecule has 0 spiro atoms. The largest absolute Gasteiger partial charge is 0.425 e. The third-order valence-electron chi connectivity index (χ3n) is 5.13. The first-order valence-corrected chi connectivity index (χ1v) is 8.63. The summed E-state index contributed by atoms with van der Waals surface area (Å²) >= 11 is 0. The molecule has 0 fully saturated rings. The molecule has 0 bridgehead atoms. The van der Waals surface area contributed by atoms with Gasteiger partial charge in [-0.1, -0.05) is 48.5 Å². The average molecular weight is 383 g/mol. The third-order valence-corrected chi connectivity index (χ3v) is 5.13. The van der Waals surface area contributed by atoms with Gasteiger partial charge in [0.25, 0.3) is 5.91 Å². The number of fused-ring (bicyclic) bond motifs is 3. The van der Waals surface area contributed by atoms with E-state index in [0.29, 0.717) is 27.8 Å². The van der Waals surface area contributed by atoms with Crippen LogP contribution in [0.15, 0.2) is 66.7 Å². The second-order valence-corrected chi connectivity index (χ2v) is 6.67. The SMILES string of the molecule is CNC(=O)c1ccc(-c2ccc3c(c2)[C@](O)(C(F)(F)F)c2ccccc2-3)cc1. The highest BCUT2D eigenvalue weighted by molar-refractivity contribution is 5.94. The number of carbonyl (C=O) groups excluding carboxylic acids is 1. The van der Waals surface area contributed by atoms with E-state index in [1.807, 2.05) is 0 Å². The molecule has 0 saturated heterocycles. The topological polar surface area (TPSA) is 49.3 Å². The molecule has 3 aromatic rings. The molecule has 4 rings (SSSR count). The Hall–Kier alpha value is -3.12. The molecule has 1 aliphatic rings. The zero-order valence-electron chi connectivity index (χ0n) is 14.8. The smallest absolute Gasteiger partial charge is 0.372 e. The molecule has 3 nitrogen and oxygen atoms in total. The number of rotatable bonds is 2. The molecule has 1 atom stereocenters. The van der Waals surface area contributed by atoms with Gasteiger partial charge in [-0.05, 0) is 40.5 Å². The first kappa shape index (κ1) is 18.3. The van der Waals surface area contributed by atoms with Crippen molar-refractivity contribution in [3.05, 3.63) is 83.4 Å². The number of carbonyl (C=O) groups is 1. The summed E-state index contributed by atoms with van der Waals surface area (Å²) in [6.45, 7) is 0. The van der Waals surface area contributed by atoms with Gasteiger partial charge in [0.05, 0.1) is 0 Å². The maximum absolute atomic E-state index is 13.9. The number of alkyl halides is 3. The van der Waals surface area contributed by atoms with Crippen molar-refractivity contribution in [1.82, 2.24) is 5.32 Å². The first-order chi connectivity index (χ1) is 13.3. The fourth-order valence-corrected chi connectivity index (χ4v) is 3.70. The second-order valence-electron chi connectivity index (χ2n) is 6.67. The molecule has 0 aliphatic heterocycles. The molecule has 0 aromatic heterocycles. The van der Waals surface area contributed by atoms with Gasteiger partial charge < -0.3 is 10.4 Å². The zero-order valence-corrected chi connectivity index (χ0v) is 14.8. The van der Waals surface area contributed by atoms with Crippen molar-refractivity contribution in [2.75, 3.05) is 7.05 Å². The second kappa shape index (κ2) is 6.21. The summed E-state index contributed by atoms with van der Waals surface area (Å²) in [6.07, 6.45) is -4.87. The molecule has 6 heteroatoms. The van der Waals surface area contributed by atoms with E-state index in [0.717, 1.165) is 0 Å². The van der Waals surface area contributed by atoms with Crippen LogP contribution in [0, 0.1) is 0 Å². The quantitative estimate of drug-likeness (QED) is 0.685. The number of amides is 1. The van der Waals surface area contributed by atoms with Crippen molar-refractivity contribution in [2.45, 2.75) is 11.8 Å². The van der Waals surface area contributed by atoms with E-state index in [1.54, 1.807) is 48.5 Å². The molecule has 28 heavy (non-hydrogen) atoms. The van der Waals surface area contributed by atoms with Gasteiger partial charge in [-0.3, -0.25) is 4.79 Å². The average Bonchev–Trinajstić information content (AvgIpc) is 2.97. The minimum absolute atomic E-state index is 0.162. The van der Waals surface area contributed by atoms with E-state index in [1.165, 1.54) is 25.2 Å². The number of aliphatic hydroxyl groups is 1. The van der Waals surface area contributed by atoms with Crippen molar-refractivity contribution in [3.63, 3.8) is 0 Å². The van der Waals surface area contributed by atoms with Gasteiger partial charge in [-0.2, -0.15) is 13.2 Å². The Bertz CT molecular complexity index is 1070. The van der Waals surface area contributed by atoms with Crippen molar-refractivity contribution < 1.29 is 23.1 Å². The normalized spacial score (nSPS) is 17.8. The maximum atomic E-state index is 13.9. The van der Waals surface area contributed by atoms with E-state index in [-0.39, 0.29) is 17.0 Å². The number of hydrogen-bond acceptors (Lipinski definition) is 2. The van der Waals surface area contributed by atoms with Crippen LogP contribution in [0.4, 0.5) is 13.2 Å². The van der Waals surface area contributed by atoms with Gasteiger partial charge in [0.15, 0.2) is 0 Å². The van der Waals surface area contributed by atoms with Crippen LogP contribution in [0.25, 0.3) is 22.3 Å². The Labute approximate surface area is 159 Å². The number of nitrogens with one attached hydrogen (secondary N) is 1. The van der Waals surface area contributed by atoms with E-state index in [9.17, 15) is 23.1 Å². The predicted octanol–water partition coefficient (Wildman–Crippen LogP) is 4.49. The Morgan fingerprint density at radius 2 is 1.50 bits per heavy atom. The summed E-state index contributed by atoms with van der Waals surface area (Å²) in [5.41, 5.74) is -1.05. The van der Waals surface area contributed by atoms with E-state index >= 15 is 0 Å². The van der Waals surface area contributed by atoms with Crippen LogP contribution in [0.2, 0.25) is 0 Å². The van der Waals surface area contributed by atoms with Gasteiger partial charge in [-0.25, -0.2) is 0 Å². The molecule has 0 heterocycles. The standard InChI is InChI=1S/C22H16F3NO2/c1-26-20(27)14-8-6-13(7-9-14)15-10-11-17-16-4-2-3-5-18(16)21(28,19(17)12-15)22(23,24)25/h2-12,28H,1H3,(H,26,27)/t21-/m0/s1. The molecule has 1 amide bonds. The Morgan fingerprint density at radius 3 is 2.14 bits per heavy atom. The number of halogens is 3. The van der Waals surface area contributed by atoms with Gasteiger partial charge in [0.1, 0.15) is 0 Å². The van der Waals surface area contributed by atoms with Crippen LogP contribution in [-0.2, 0) is 5.60 Å². The third kappa shape index (κ3) is 2.52. The van der Waals surface area contributed by atoms with E-state index < -0.39 is 11.8 Å². The van der Waals surface area contributed by atoms with Crippen molar-refractivity contribution in [1.29, 1.82) is 0 Å². The van der Waals surface area contributed by atoms with Crippen LogP contribution in [0.3, 0.4) is 0 Å². The fourth-order valence-electron chi connectivity index (χ4n) is 3.70. The van der Waals surface area contributed by atoms with Crippen LogP contribution in [0.5, 0.6) is 0 Å². The minimum atomic E-state index is -4.87. The van der Waals surface area contributed by atoms with Crippen LogP contribution < -0.4 is 5.32 Å². The lowest BCUT2D eigenvalue weighted by Gasteiger charge is -2.28. The summed E-state index contributed by atoms with van der Waals surface area (Å²) in [6, 6.07) is 17.2.